The van der Waals surface area contributed by atoms with Crippen molar-refractivity contribution >= 4 is 11.6 Å². The van der Waals surface area contributed by atoms with Gasteiger partial charge in [-0.05, 0) is 75.5 Å². The van der Waals surface area contributed by atoms with Crippen LogP contribution in [0, 0.1) is 19.8 Å². The van der Waals surface area contributed by atoms with E-state index in [2.05, 4.69) is 68.3 Å². The van der Waals surface area contributed by atoms with Gasteiger partial charge in [0.1, 0.15) is 11.6 Å². The molecule has 0 radical (unpaired) electrons. The maximum absolute atomic E-state index is 12.9. The maximum atomic E-state index is 12.9. The number of carbonyl (C=O) groups excluding carboxylic acids is 1. The number of amides is 1. The average molecular weight is 416 g/mol. The topological polar surface area (TPSA) is 63.1 Å². The van der Waals surface area contributed by atoms with Crippen molar-refractivity contribution in [1.82, 2.24) is 19.7 Å². The number of piperidine rings is 1. The molecule has 1 saturated heterocycles. The molecule has 5 rings (SSSR count). The summed E-state index contributed by atoms with van der Waals surface area (Å²) in [5.41, 5.74) is 5.89. The van der Waals surface area contributed by atoms with E-state index in [1.165, 1.54) is 16.7 Å². The highest BCUT2D eigenvalue weighted by Crippen LogP contribution is 2.28. The third-order valence-electron chi connectivity index (χ3n) is 6.58. The zero-order chi connectivity index (χ0) is 21.4. The van der Waals surface area contributed by atoms with E-state index in [1.807, 2.05) is 13.0 Å². The van der Waals surface area contributed by atoms with Gasteiger partial charge in [-0.15, -0.1) is 10.2 Å². The van der Waals surface area contributed by atoms with Crippen LogP contribution in [0.25, 0.3) is 5.69 Å². The highest BCUT2D eigenvalue weighted by atomic mass is 16.1. The number of fused-ring (bicyclic) bond motifs is 3. The molecule has 0 bridgehead atoms. The van der Waals surface area contributed by atoms with E-state index in [1.54, 1.807) is 0 Å². The van der Waals surface area contributed by atoms with Gasteiger partial charge in [0.15, 0.2) is 0 Å². The lowest BCUT2D eigenvalue weighted by Gasteiger charge is -2.31. The molecule has 3 heterocycles. The molecule has 1 N–H and O–H groups in total. The quantitative estimate of drug-likeness (QED) is 0.703. The lowest BCUT2D eigenvalue weighted by atomic mass is 9.95. The monoisotopic (exact) mass is 415 g/mol. The minimum Gasteiger partial charge on any atom is -0.326 e. The fourth-order valence-corrected chi connectivity index (χ4v) is 4.76. The van der Waals surface area contributed by atoms with E-state index in [4.69, 9.17) is 0 Å². The molecule has 0 unspecified atom stereocenters. The average Bonchev–Trinajstić information content (AvgIpc) is 3.17. The van der Waals surface area contributed by atoms with E-state index < -0.39 is 0 Å². The zero-order valence-electron chi connectivity index (χ0n) is 18.3. The molecule has 0 aliphatic carbocycles. The third kappa shape index (κ3) is 4.12. The molecule has 2 aliphatic heterocycles. The standard InChI is InChI=1S/C25H29N5O/c1-17-3-5-19(6-4-17)16-29-13-11-20(12-14-29)25(31)26-22-8-9-23-21(15-22)7-10-24-28-27-18(2)30(23)24/h3-6,8-9,15,20H,7,10-14,16H2,1-2H3,(H,26,31). The summed E-state index contributed by atoms with van der Waals surface area (Å²) < 4.78 is 2.12. The van der Waals surface area contributed by atoms with E-state index in [0.717, 1.165) is 68.3 Å². The molecule has 0 saturated carbocycles. The second-order valence-corrected chi connectivity index (χ2v) is 8.87. The Labute approximate surface area is 183 Å². The lowest BCUT2D eigenvalue weighted by molar-refractivity contribution is -0.121. The van der Waals surface area contributed by atoms with Crippen LogP contribution in [0.4, 0.5) is 5.69 Å². The Morgan fingerprint density at radius 2 is 1.81 bits per heavy atom. The predicted molar refractivity (Wildman–Crippen MR) is 121 cm³/mol. The van der Waals surface area contributed by atoms with Gasteiger partial charge in [-0.1, -0.05) is 29.8 Å². The van der Waals surface area contributed by atoms with Crippen molar-refractivity contribution in [3.8, 4) is 5.69 Å². The Kier molecular flexibility index (Phi) is 5.32. The van der Waals surface area contributed by atoms with Crippen molar-refractivity contribution in [2.75, 3.05) is 18.4 Å². The van der Waals surface area contributed by atoms with Crippen LogP contribution in [0.5, 0.6) is 0 Å². The van der Waals surface area contributed by atoms with Gasteiger partial charge >= 0.3 is 0 Å². The fourth-order valence-electron chi connectivity index (χ4n) is 4.76. The summed E-state index contributed by atoms with van der Waals surface area (Å²) in [5, 5.41) is 11.6. The Morgan fingerprint density at radius 3 is 2.58 bits per heavy atom. The Hall–Kier alpha value is -2.99. The molecule has 2 aliphatic rings. The van der Waals surface area contributed by atoms with Crippen molar-refractivity contribution in [2.45, 2.75) is 46.1 Å². The normalized spacial score (nSPS) is 16.6. The van der Waals surface area contributed by atoms with Gasteiger partial charge < -0.3 is 5.32 Å². The number of nitrogens with zero attached hydrogens (tertiary/aromatic N) is 4. The minimum atomic E-state index is 0.0806. The molecular weight excluding hydrogens is 386 g/mol. The number of carbonyl (C=O) groups is 1. The van der Waals surface area contributed by atoms with Gasteiger partial charge in [-0.2, -0.15) is 0 Å². The highest BCUT2D eigenvalue weighted by Gasteiger charge is 2.26. The molecule has 160 valence electrons. The van der Waals surface area contributed by atoms with Crippen LogP contribution in [-0.4, -0.2) is 38.7 Å². The van der Waals surface area contributed by atoms with Crippen LogP contribution in [-0.2, 0) is 24.2 Å². The van der Waals surface area contributed by atoms with Crippen molar-refractivity contribution < 1.29 is 4.79 Å². The first-order chi connectivity index (χ1) is 15.1. The second-order valence-electron chi connectivity index (χ2n) is 8.87. The molecule has 31 heavy (non-hydrogen) atoms. The number of likely N-dealkylation sites (tertiary alicyclic amines) is 1. The van der Waals surface area contributed by atoms with Crippen LogP contribution < -0.4 is 5.32 Å². The summed E-state index contributed by atoms with van der Waals surface area (Å²) in [6.45, 7) is 6.98. The largest absolute Gasteiger partial charge is 0.326 e. The Balaban J connectivity index is 1.19. The number of rotatable bonds is 4. The Morgan fingerprint density at radius 1 is 1.03 bits per heavy atom. The van der Waals surface area contributed by atoms with Crippen LogP contribution in [0.1, 0.15) is 41.2 Å². The molecule has 0 atom stereocenters. The van der Waals surface area contributed by atoms with Gasteiger partial charge in [0, 0.05) is 24.6 Å². The van der Waals surface area contributed by atoms with Gasteiger partial charge in [0.25, 0.3) is 0 Å². The van der Waals surface area contributed by atoms with Crippen molar-refractivity contribution in [2.24, 2.45) is 5.92 Å². The first kappa shape index (κ1) is 19.9. The molecule has 6 heteroatoms. The summed E-state index contributed by atoms with van der Waals surface area (Å²) in [4.78, 5) is 15.3. The van der Waals surface area contributed by atoms with Gasteiger partial charge in [-0.3, -0.25) is 14.3 Å². The molecule has 1 fully saturated rings. The van der Waals surface area contributed by atoms with Gasteiger partial charge in [0.05, 0.1) is 5.69 Å². The van der Waals surface area contributed by atoms with Gasteiger partial charge in [0.2, 0.25) is 5.91 Å². The summed E-state index contributed by atoms with van der Waals surface area (Å²) in [5.74, 6) is 2.15. The smallest absolute Gasteiger partial charge is 0.227 e. The maximum Gasteiger partial charge on any atom is 0.227 e. The number of hydrogen-bond donors (Lipinski definition) is 1. The summed E-state index contributed by atoms with van der Waals surface area (Å²) in [7, 11) is 0. The van der Waals surface area contributed by atoms with E-state index in [0.29, 0.717) is 0 Å². The number of anilines is 1. The third-order valence-corrected chi connectivity index (χ3v) is 6.58. The fraction of sp³-hybridized carbons (Fsp3) is 0.400. The number of benzene rings is 2. The van der Waals surface area contributed by atoms with E-state index in [9.17, 15) is 4.79 Å². The Bertz CT molecular complexity index is 1090. The van der Waals surface area contributed by atoms with E-state index >= 15 is 0 Å². The van der Waals surface area contributed by atoms with Crippen molar-refractivity contribution in [3.63, 3.8) is 0 Å². The second kappa shape index (κ2) is 8.27. The number of hydrogen-bond acceptors (Lipinski definition) is 4. The highest BCUT2D eigenvalue weighted by molar-refractivity contribution is 5.92. The van der Waals surface area contributed by atoms with E-state index in [-0.39, 0.29) is 11.8 Å². The van der Waals surface area contributed by atoms with Crippen LogP contribution >= 0.6 is 0 Å². The number of nitrogens with one attached hydrogen (secondary N) is 1. The van der Waals surface area contributed by atoms with Crippen molar-refractivity contribution in [3.05, 3.63) is 70.8 Å². The number of aromatic nitrogens is 3. The predicted octanol–water partition coefficient (Wildman–Crippen LogP) is 3.83. The molecule has 2 aromatic carbocycles. The van der Waals surface area contributed by atoms with Crippen LogP contribution in [0.2, 0.25) is 0 Å². The van der Waals surface area contributed by atoms with Crippen molar-refractivity contribution in [1.29, 1.82) is 0 Å². The number of aryl methyl sites for hydroxylation is 4. The van der Waals surface area contributed by atoms with Gasteiger partial charge in [-0.25, -0.2) is 0 Å². The molecule has 0 spiro atoms. The molecule has 6 nitrogen and oxygen atoms in total. The first-order valence-electron chi connectivity index (χ1n) is 11.2. The SMILES string of the molecule is Cc1ccc(CN2CCC(C(=O)Nc3ccc4c(c3)CCc3nnc(C)n3-4)CC2)cc1. The molecule has 1 amide bonds. The summed E-state index contributed by atoms with van der Waals surface area (Å²) in [6, 6.07) is 14.9. The minimum absolute atomic E-state index is 0.0806. The summed E-state index contributed by atoms with van der Waals surface area (Å²) in [6.07, 6.45) is 3.62. The summed E-state index contributed by atoms with van der Waals surface area (Å²) >= 11 is 0. The molecule has 3 aromatic rings. The zero-order valence-corrected chi connectivity index (χ0v) is 18.3. The first-order valence-corrected chi connectivity index (χ1v) is 11.2. The lowest BCUT2D eigenvalue weighted by Crippen LogP contribution is -2.37. The van der Waals surface area contributed by atoms with Crippen LogP contribution in [0.15, 0.2) is 42.5 Å². The molecular formula is C25H29N5O. The van der Waals surface area contributed by atoms with Crippen LogP contribution in [0.3, 0.4) is 0 Å². The molecule has 1 aromatic heterocycles.